The molecule has 2 amide bonds. The summed E-state index contributed by atoms with van der Waals surface area (Å²) in [7, 11) is 0. The summed E-state index contributed by atoms with van der Waals surface area (Å²) in [5, 5.41) is 4.26. The Morgan fingerprint density at radius 3 is 3.11 bits per heavy atom. The van der Waals surface area contributed by atoms with E-state index in [1.54, 1.807) is 5.01 Å². The van der Waals surface area contributed by atoms with Gasteiger partial charge in [-0.15, -0.1) is 0 Å². The van der Waals surface area contributed by atoms with E-state index in [1.807, 2.05) is 6.92 Å². The number of nitrogens with zero attached hydrogens (tertiary/aromatic N) is 1. The zero-order valence-electron chi connectivity index (χ0n) is 5.48. The molecule has 0 atom stereocenters. The average Bonchev–Trinajstić information content (AvgIpc) is 2.18. The van der Waals surface area contributed by atoms with Crippen LogP contribution in [-0.2, 0) is 0 Å². The first-order valence-corrected chi connectivity index (χ1v) is 3.13. The van der Waals surface area contributed by atoms with Crippen LogP contribution in [0, 0.1) is 0 Å². The van der Waals surface area contributed by atoms with E-state index in [1.165, 1.54) is 0 Å². The Morgan fingerprint density at radius 1 is 1.89 bits per heavy atom. The van der Waals surface area contributed by atoms with Gasteiger partial charge in [-0.1, -0.05) is 6.92 Å². The zero-order valence-corrected chi connectivity index (χ0v) is 5.48. The molecular weight excluding hydrogens is 118 g/mol. The maximum Gasteiger partial charge on any atom is 0.331 e. The van der Waals surface area contributed by atoms with Gasteiger partial charge in [0.15, 0.2) is 0 Å². The largest absolute Gasteiger partial charge is 0.335 e. The highest BCUT2D eigenvalue weighted by atomic mass is 16.2. The van der Waals surface area contributed by atoms with Gasteiger partial charge in [0.25, 0.3) is 0 Å². The minimum Gasteiger partial charge on any atom is -0.335 e. The summed E-state index contributed by atoms with van der Waals surface area (Å²) >= 11 is 0. The molecule has 1 aliphatic rings. The van der Waals surface area contributed by atoms with Gasteiger partial charge >= 0.3 is 6.03 Å². The molecule has 1 saturated heterocycles. The molecule has 4 nitrogen and oxygen atoms in total. The van der Waals surface area contributed by atoms with Gasteiger partial charge in [0.2, 0.25) is 0 Å². The van der Waals surface area contributed by atoms with Crippen LogP contribution in [0.4, 0.5) is 4.79 Å². The fourth-order valence-electron chi connectivity index (χ4n) is 0.813. The first kappa shape index (κ1) is 6.35. The van der Waals surface area contributed by atoms with Crippen LogP contribution in [0.5, 0.6) is 0 Å². The molecule has 0 bridgehead atoms. The van der Waals surface area contributed by atoms with Crippen LogP contribution in [0.2, 0.25) is 0 Å². The first-order chi connectivity index (χ1) is 4.34. The summed E-state index contributed by atoms with van der Waals surface area (Å²) in [6.07, 6.45) is 0. The fraction of sp³-hybridized carbons (Fsp3) is 0.800. The maximum atomic E-state index is 10.7. The molecular formula is C5H11N3O. The molecule has 4 heteroatoms. The molecule has 52 valence electrons. The summed E-state index contributed by atoms with van der Waals surface area (Å²) < 4.78 is 0. The Bertz CT molecular complexity index is 115. The second-order valence-electron chi connectivity index (χ2n) is 1.90. The van der Waals surface area contributed by atoms with E-state index >= 15 is 0 Å². The van der Waals surface area contributed by atoms with Crippen molar-refractivity contribution < 1.29 is 4.79 Å². The Balaban J connectivity index is 2.31. The number of carbonyl (C=O) groups is 1. The van der Waals surface area contributed by atoms with E-state index in [9.17, 15) is 4.79 Å². The van der Waals surface area contributed by atoms with Gasteiger partial charge in [-0.3, -0.25) is 5.01 Å². The van der Waals surface area contributed by atoms with Crippen molar-refractivity contribution in [2.75, 3.05) is 19.6 Å². The molecule has 0 unspecified atom stereocenters. The normalized spacial score (nSPS) is 18.3. The van der Waals surface area contributed by atoms with E-state index in [4.69, 9.17) is 0 Å². The van der Waals surface area contributed by atoms with Crippen LogP contribution in [-0.4, -0.2) is 30.7 Å². The fourth-order valence-corrected chi connectivity index (χ4v) is 0.813. The minimum atomic E-state index is -0.0168. The van der Waals surface area contributed by atoms with Gasteiger partial charge in [-0.05, 0) is 0 Å². The SMILES string of the molecule is CCNN1CCNC1=O. The molecule has 9 heavy (non-hydrogen) atoms. The van der Waals surface area contributed by atoms with E-state index in [0.717, 1.165) is 19.6 Å². The number of urea groups is 1. The third-order valence-electron chi connectivity index (χ3n) is 1.21. The van der Waals surface area contributed by atoms with Gasteiger partial charge in [0.05, 0.1) is 6.54 Å². The second kappa shape index (κ2) is 2.68. The molecule has 0 radical (unpaired) electrons. The lowest BCUT2D eigenvalue weighted by molar-refractivity contribution is 0.196. The Morgan fingerprint density at radius 2 is 2.67 bits per heavy atom. The Labute approximate surface area is 54.2 Å². The lowest BCUT2D eigenvalue weighted by Crippen LogP contribution is -2.40. The molecule has 1 fully saturated rings. The number of carbonyl (C=O) groups excluding carboxylic acids is 1. The number of nitrogens with one attached hydrogen (secondary N) is 2. The standard InChI is InChI=1S/C5H11N3O/c1-2-7-8-4-3-6-5(8)9/h7H,2-4H2,1H3,(H,6,9). The molecule has 0 aromatic carbocycles. The van der Waals surface area contributed by atoms with Crippen LogP contribution < -0.4 is 10.7 Å². The number of hydrogen-bond donors (Lipinski definition) is 2. The number of amides is 2. The third-order valence-corrected chi connectivity index (χ3v) is 1.21. The minimum absolute atomic E-state index is 0.0168. The molecule has 2 N–H and O–H groups in total. The summed E-state index contributed by atoms with van der Waals surface area (Å²) in [4.78, 5) is 10.7. The van der Waals surface area contributed by atoms with Gasteiger partial charge < -0.3 is 5.32 Å². The number of hydrogen-bond acceptors (Lipinski definition) is 2. The van der Waals surface area contributed by atoms with Crippen molar-refractivity contribution in [3.8, 4) is 0 Å². The third kappa shape index (κ3) is 1.32. The predicted octanol–water partition coefficient (Wildman–Crippen LogP) is -0.464. The molecule has 0 aliphatic carbocycles. The molecule has 0 aromatic rings. The van der Waals surface area contributed by atoms with E-state index in [-0.39, 0.29) is 6.03 Å². The maximum absolute atomic E-state index is 10.7. The predicted molar refractivity (Wildman–Crippen MR) is 33.8 cm³/mol. The van der Waals surface area contributed by atoms with Crippen LogP contribution >= 0.6 is 0 Å². The lowest BCUT2D eigenvalue weighted by Gasteiger charge is -2.12. The van der Waals surface area contributed by atoms with Gasteiger partial charge in [-0.25, -0.2) is 10.2 Å². The van der Waals surface area contributed by atoms with Gasteiger partial charge in [0, 0.05) is 13.1 Å². The van der Waals surface area contributed by atoms with Crippen LogP contribution in [0.1, 0.15) is 6.92 Å². The Kier molecular flexibility index (Phi) is 1.89. The van der Waals surface area contributed by atoms with Crippen molar-refractivity contribution in [1.82, 2.24) is 15.8 Å². The highest BCUT2D eigenvalue weighted by molar-refractivity contribution is 5.75. The molecule has 1 heterocycles. The summed E-state index contributed by atoms with van der Waals surface area (Å²) in [5.41, 5.74) is 2.92. The number of hydrazine groups is 1. The van der Waals surface area contributed by atoms with Crippen molar-refractivity contribution in [1.29, 1.82) is 0 Å². The Hall–Kier alpha value is -0.770. The van der Waals surface area contributed by atoms with Crippen molar-refractivity contribution in [3.63, 3.8) is 0 Å². The molecule has 1 aliphatic heterocycles. The highest BCUT2D eigenvalue weighted by Gasteiger charge is 2.17. The smallest absolute Gasteiger partial charge is 0.331 e. The average molecular weight is 129 g/mol. The summed E-state index contributed by atoms with van der Waals surface area (Å²) in [5.74, 6) is 0. The van der Waals surface area contributed by atoms with E-state index < -0.39 is 0 Å². The molecule has 0 spiro atoms. The van der Waals surface area contributed by atoms with Crippen LogP contribution in [0.3, 0.4) is 0 Å². The molecule has 0 saturated carbocycles. The van der Waals surface area contributed by atoms with Gasteiger partial charge in [-0.2, -0.15) is 0 Å². The number of rotatable bonds is 2. The second-order valence-corrected chi connectivity index (χ2v) is 1.90. The van der Waals surface area contributed by atoms with Gasteiger partial charge in [0.1, 0.15) is 0 Å². The monoisotopic (exact) mass is 129 g/mol. The molecule has 1 rings (SSSR count). The van der Waals surface area contributed by atoms with Crippen LogP contribution in [0.25, 0.3) is 0 Å². The van der Waals surface area contributed by atoms with Crippen LogP contribution in [0.15, 0.2) is 0 Å². The van der Waals surface area contributed by atoms with Crippen molar-refractivity contribution >= 4 is 6.03 Å². The highest BCUT2D eigenvalue weighted by Crippen LogP contribution is 1.89. The molecule has 0 aromatic heterocycles. The summed E-state index contributed by atoms with van der Waals surface area (Å²) in [6, 6.07) is -0.0168. The lowest BCUT2D eigenvalue weighted by atomic mass is 10.7. The summed E-state index contributed by atoms with van der Waals surface area (Å²) in [6.45, 7) is 4.29. The van der Waals surface area contributed by atoms with Crippen molar-refractivity contribution in [2.24, 2.45) is 0 Å². The van der Waals surface area contributed by atoms with E-state index in [2.05, 4.69) is 10.7 Å². The zero-order chi connectivity index (χ0) is 6.69. The van der Waals surface area contributed by atoms with Crippen molar-refractivity contribution in [2.45, 2.75) is 6.92 Å². The topological polar surface area (TPSA) is 44.4 Å². The van der Waals surface area contributed by atoms with E-state index in [0.29, 0.717) is 0 Å². The van der Waals surface area contributed by atoms with Crippen molar-refractivity contribution in [3.05, 3.63) is 0 Å². The first-order valence-electron chi connectivity index (χ1n) is 3.13. The quantitative estimate of drug-likeness (QED) is 0.529.